The van der Waals surface area contributed by atoms with Gasteiger partial charge in [-0.1, -0.05) is 20.3 Å². The molecule has 0 spiro atoms. The van der Waals surface area contributed by atoms with Gasteiger partial charge in [-0.15, -0.1) is 0 Å². The van der Waals surface area contributed by atoms with E-state index in [4.69, 9.17) is 0 Å². The number of rotatable bonds is 0. The van der Waals surface area contributed by atoms with Gasteiger partial charge in [0.2, 0.25) is 0 Å². The fourth-order valence-electron chi connectivity index (χ4n) is 2.13. The molecule has 2 atom stereocenters. The van der Waals surface area contributed by atoms with Crippen molar-refractivity contribution in [1.82, 2.24) is 0 Å². The Balaban J connectivity index is 1.90. The first-order chi connectivity index (χ1) is 5.17. The molecule has 2 unspecified atom stereocenters. The molecule has 0 N–H and O–H groups in total. The fourth-order valence-corrected chi connectivity index (χ4v) is 3.31. The zero-order valence-electron chi connectivity index (χ0n) is 7.60. The highest BCUT2D eigenvalue weighted by Crippen LogP contribution is 2.51. The average Bonchev–Trinajstić information content (AvgIpc) is 2.60. The number of hydrogen-bond acceptors (Lipinski definition) is 1. The maximum Gasteiger partial charge on any atom is 0.0170 e. The zero-order valence-corrected chi connectivity index (χ0v) is 8.41. The van der Waals surface area contributed by atoms with Crippen LogP contribution in [-0.2, 0) is 0 Å². The van der Waals surface area contributed by atoms with E-state index < -0.39 is 0 Å². The second-order valence-corrected chi connectivity index (χ2v) is 6.29. The molecule has 2 rings (SSSR count). The third kappa shape index (κ3) is 1.93. The van der Waals surface area contributed by atoms with E-state index in [1.54, 1.807) is 0 Å². The van der Waals surface area contributed by atoms with Crippen molar-refractivity contribution in [3.8, 4) is 0 Å². The van der Waals surface area contributed by atoms with Gasteiger partial charge in [-0.2, -0.15) is 11.8 Å². The van der Waals surface area contributed by atoms with E-state index in [-0.39, 0.29) is 0 Å². The third-order valence-corrected chi connectivity index (χ3v) is 4.65. The van der Waals surface area contributed by atoms with Crippen LogP contribution in [0.5, 0.6) is 0 Å². The van der Waals surface area contributed by atoms with Crippen molar-refractivity contribution in [1.29, 1.82) is 0 Å². The Hall–Kier alpha value is 0.350. The van der Waals surface area contributed by atoms with Gasteiger partial charge in [0.25, 0.3) is 0 Å². The molecule has 0 amide bonds. The van der Waals surface area contributed by atoms with Crippen LogP contribution in [0.3, 0.4) is 0 Å². The van der Waals surface area contributed by atoms with Crippen molar-refractivity contribution < 1.29 is 0 Å². The maximum absolute atomic E-state index is 2.43. The Kier molecular flexibility index (Phi) is 1.95. The van der Waals surface area contributed by atoms with E-state index in [0.717, 1.165) is 10.5 Å². The van der Waals surface area contributed by atoms with Crippen molar-refractivity contribution in [2.45, 2.75) is 56.5 Å². The van der Waals surface area contributed by atoms with Gasteiger partial charge in [0.05, 0.1) is 0 Å². The van der Waals surface area contributed by atoms with Crippen LogP contribution in [0.15, 0.2) is 0 Å². The van der Waals surface area contributed by atoms with Crippen LogP contribution in [-0.4, -0.2) is 10.5 Å². The maximum atomic E-state index is 2.43. The lowest BCUT2D eigenvalue weighted by Gasteiger charge is -2.25. The van der Waals surface area contributed by atoms with Gasteiger partial charge in [-0.3, -0.25) is 0 Å². The predicted molar refractivity (Wildman–Crippen MR) is 52.0 cm³/mol. The lowest BCUT2D eigenvalue weighted by atomic mass is 9.80. The number of fused-ring (bicyclic) bond motifs is 1. The standard InChI is InChI=1S/C10H18S/c1-10(2)6-3-4-8-9(11-8)5-7-10/h8-9H,3-7H2,1-2H3. The van der Waals surface area contributed by atoms with Crippen molar-refractivity contribution in [3.05, 3.63) is 0 Å². The summed E-state index contributed by atoms with van der Waals surface area (Å²) in [6.07, 6.45) is 7.38. The molecule has 64 valence electrons. The van der Waals surface area contributed by atoms with E-state index >= 15 is 0 Å². The lowest BCUT2D eigenvalue weighted by molar-refractivity contribution is 0.278. The Morgan fingerprint density at radius 2 is 1.82 bits per heavy atom. The summed E-state index contributed by atoms with van der Waals surface area (Å²) >= 11 is 2.23. The van der Waals surface area contributed by atoms with Crippen molar-refractivity contribution in [2.24, 2.45) is 5.41 Å². The Bertz CT molecular complexity index is 151. The molecule has 0 nitrogen and oxygen atoms in total. The number of hydrogen-bond donors (Lipinski definition) is 0. The summed E-state index contributed by atoms with van der Waals surface area (Å²) in [7, 11) is 0. The Morgan fingerprint density at radius 1 is 1.09 bits per heavy atom. The second kappa shape index (κ2) is 2.69. The quantitative estimate of drug-likeness (QED) is 0.502. The van der Waals surface area contributed by atoms with Gasteiger partial charge < -0.3 is 0 Å². The molecule has 0 aromatic carbocycles. The second-order valence-electron chi connectivity index (χ2n) is 4.81. The van der Waals surface area contributed by atoms with E-state index in [1.807, 2.05) is 0 Å². The third-order valence-electron chi connectivity index (χ3n) is 3.14. The van der Waals surface area contributed by atoms with Crippen molar-refractivity contribution in [3.63, 3.8) is 0 Å². The molecule has 11 heavy (non-hydrogen) atoms. The first-order valence-corrected chi connectivity index (χ1v) is 5.77. The average molecular weight is 170 g/mol. The number of thioether (sulfide) groups is 1. The first kappa shape index (κ1) is 7.97. The first-order valence-electron chi connectivity index (χ1n) is 4.83. The fraction of sp³-hybridized carbons (Fsp3) is 1.00. The van der Waals surface area contributed by atoms with Gasteiger partial charge in [-0.05, 0) is 31.1 Å². The summed E-state index contributed by atoms with van der Waals surface area (Å²) in [5.74, 6) is 0. The summed E-state index contributed by atoms with van der Waals surface area (Å²) in [6.45, 7) is 4.86. The van der Waals surface area contributed by atoms with Gasteiger partial charge in [-0.25, -0.2) is 0 Å². The smallest absolute Gasteiger partial charge is 0.0170 e. The minimum Gasteiger partial charge on any atom is -0.153 e. The van der Waals surface area contributed by atoms with Crippen LogP contribution in [0.1, 0.15) is 46.0 Å². The molecule has 1 heteroatoms. The van der Waals surface area contributed by atoms with Crippen LogP contribution in [0.25, 0.3) is 0 Å². The minimum absolute atomic E-state index is 0.647. The molecular weight excluding hydrogens is 152 g/mol. The van der Waals surface area contributed by atoms with E-state index in [0.29, 0.717) is 5.41 Å². The van der Waals surface area contributed by atoms with E-state index in [1.165, 1.54) is 32.1 Å². The monoisotopic (exact) mass is 170 g/mol. The normalized spacial score (nSPS) is 42.0. The van der Waals surface area contributed by atoms with Crippen molar-refractivity contribution in [2.75, 3.05) is 0 Å². The molecule has 1 aliphatic heterocycles. The van der Waals surface area contributed by atoms with Gasteiger partial charge >= 0.3 is 0 Å². The Labute approximate surface area is 74.1 Å². The largest absolute Gasteiger partial charge is 0.153 e. The summed E-state index contributed by atoms with van der Waals surface area (Å²) in [6, 6.07) is 0. The van der Waals surface area contributed by atoms with E-state index in [9.17, 15) is 0 Å². The molecule has 0 aromatic heterocycles. The summed E-state index contributed by atoms with van der Waals surface area (Å²) < 4.78 is 0. The van der Waals surface area contributed by atoms with Crippen LogP contribution in [0, 0.1) is 5.41 Å². The lowest BCUT2D eigenvalue weighted by Crippen LogP contribution is -2.15. The van der Waals surface area contributed by atoms with Crippen molar-refractivity contribution >= 4 is 11.8 Å². The molecule has 2 fully saturated rings. The SMILES string of the molecule is CC1(C)CCCC2SC2CC1. The summed E-state index contributed by atoms with van der Waals surface area (Å²) in [4.78, 5) is 0. The van der Waals surface area contributed by atoms with Crippen LogP contribution in [0.2, 0.25) is 0 Å². The highest BCUT2D eigenvalue weighted by atomic mass is 32.2. The topological polar surface area (TPSA) is 0 Å². The molecule has 2 aliphatic rings. The van der Waals surface area contributed by atoms with Crippen LogP contribution in [0.4, 0.5) is 0 Å². The van der Waals surface area contributed by atoms with Gasteiger partial charge in [0, 0.05) is 10.5 Å². The van der Waals surface area contributed by atoms with Crippen LogP contribution >= 0.6 is 11.8 Å². The molecule has 0 bridgehead atoms. The van der Waals surface area contributed by atoms with E-state index in [2.05, 4.69) is 25.6 Å². The molecule has 1 saturated carbocycles. The summed E-state index contributed by atoms with van der Waals surface area (Å²) in [5.41, 5.74) is 0.647. The highest BCUT2D eigenvalue weighted by molar-refractivity contribution is 8.07. The van der Waals surface area contributed by atoms with Gasteiger partial charge in [0.1, 0.15) is 0 Å². The predicted octanol–water partition coefficient (Wildman–Crippen LogP) is 3.46. The minimum atomic E-state index is 0.647. The van der Waals surface area contributed by atoms with Gasteiger partial charge in [0.15, 0.2) is 0 Å². The molecule has 1 aliphatic carbocycles. The molecule has 1 saturated heterocycles. The molecule has 0 radical (unpaired) electrons. The molecular formula is C10H18S. The highest BCUT2D eigenvalue weighted by Gasteiger charge is 2.39. The molecule has 0 aromatic rings. The molecule has 1 heterocycles. The van der Waals surface area contributed by atoms with Crippen LogP contribution < -0.4 is 0 Å². The zero-order chi connectivity index (χ0) is 7.90. The Morgan fingerprint density at radius 3 is 2.64 bits per heavy atom. The summed E-state index contributed by atoms with van der Waals surface area (Å²) in [5, 5.41) is 2.14.